The van der Waals surface area contributed by atoms with Gasteiger partial charge in [-0.25, -0.2) is 23.0 Å². The number of carbonyl (C=O) groups is 2. The van der Waals surface area contributed by atoms with Crippen molar-refractivity contribution in [3.8, 4) is 11.8 Å². The van der Waals surface area contributed by atoms with Crippen LogP contribution < -0.4 is 4.31 Å². The highest BCUT2D eigenvalue weighted by Crippen LogP contribution is 2.33. The molecule has 0 saturated carbocycles. The van der Waals surface area contributed by atoms with E-state index in [9.17, 15) is 18.0 Å². The first kappa shape index (κ1) is 27.4. The standard InChI is InChI=1S/C30H26N2O6S/c1-30(2,3)38-29(34)32(26-14-9-12-22-10-5-7-13-24(22)26)39(35,36)27-15-8-6-11-23(27)18-16-21-17-19-25(31-20-21)28(33)37-4/h5-15,17,19-20H,1-4H3. The number of sulfonamides is 1. The van der Waals surface area contributed by atoms with E-state index in [1.807, 2.05) is 18.2 Å². The van der Waals surface area contributed by atoms with E-state index in [0.717, 1.165) is 5.39 Å². The van der Waals surface area contributed by atoms with Gasteiger partial charge in [-0.2, -0.15) is 4.31 Å². The van der Waals surface area contributed by atoms with Gasteiger partial charge in [-0.05, 0) is 56.5 Å². The molecule has 9 heteroatoms. The molecular formula is C30H26N2O6S. The summed E-state index contributed by atoms with van der Waals surface area (Å²) < 4.78 is 39.2. The van der Waals surface area contributed by atoms with Crippen molar-refractivity contribution in [2.24, 2.45) is 0 Å². The number of hydrogen-bond acceptors (Lipinski definition) is 7. The summed E-state index contributed by atoms with van der Waals surface area (Å²) in [4.78, 5) is 29.0. The topological polar surface area (TPSA) is 103 Å². The molecule has 0 N–H and O–H groups in total. The zero-order valence-corrected chi connectivity index (χ0v) is 22.7. The third-order valence-corrected chi connectivity index (χ3v) is 7.19. The Morgan fingerprint density at radius 1 is 0.872 bits per heavy atom. The maximum atomic E-state index is 14.2. The minimum Gasteiger partial charge on any atom is -0.464 e. The first-order chi connectivity index (χ1) is 18.5. The van der Waals surface area contributed by atoms with E-state index in [4.69, 9.17) is 4.74 Å². The number of rotatable bonds is 4. The van der Waals surface area contributed by atoms with E-state index in [2.05, 4.69) is 21.6 Å². The zero-order chi connectivity index (χ0) is 28.2. The van der Waals surface area contributed by atoms with E-state index < -0.39 is 27.7 Å². The van der Waals surface area contributed by atoms with Gasteiger partial charge in [0.05, 0.1) is 12.8 Å². The first-order valence-corrected chi connectivity index (χ1v) is 13.4. The second-order valence-electron chi connectivity index (χ2n) is 9.42. The second kappa shape index (κ2) is 11.0. The lowest BCUT2D eigenvalue weighted by Crippen LogP contribution is -2.41. The Balaban J connectivity index is 1.83. The number of aromatic nitrogens is 1. The minimum absolute atomic E-state index is 0.120. The SMILES string of the molecule is COC(=O)c1ccc(C#Cc2ccccc2S(=O)(=O)N(C(=O)OC(C)(C)C)c2cccc3ccccc23)cn1. The lowest BCUT2D eigenvalue weighted by atomic mass is 10.1. The van der Waals surface area contributed by atoms with Crippen LogP contribution in [-0.4, -0.2) is 38.2 Å². The van der Waals surface area contributed by atoms with Crippen molar-refractivity contribution in [3.05, 3.63) is 102 Å². The van der Waals surface area contributed by atoms with E-state index in [0.29, 0.717) is 15.3 Å². The number of esters is 1. The van der Waals surface area contributed by atoms with Crippen LogP contribution in [0.5, 0.6) is 0 Å². The highest BCUT2D eigenvalue weighted by Gasteiger charge is 2.36. The number of benzene rings is 3. The summed E-state index contributed by atoms with van der Waals surface area (Å²) in [5.41, 5.74) is -0.0453. The molecule has 0 aliphatic carbocycles. The lowest BCUT2D eigenvalue weighted by Gasteiger charge is -2.28. The third kappa shape index (κ3) is 6.08. The van der Waals surface area contributed by atoms with Crippen LogP contribution in [0.2, 0.25) is 0 Å². The molecule has 0 aliphatic rings. The summed E-state index contributed by atoms with van der Waals surface area (Å²) in [7, 11) is -3.24. The summed E-state index contributed by atoms with van der Waals surface area (Å²) in [6.07, 6.45) is 0.351. The van der Waals surface area contributed by atoms with Crippen molar-refractivity contribution in [2.45, 2.75) is 31.3 Å². The van der Waals surface area contributed by atoms with E-state index >= 15 is 0 Å². The Labute approximate surface area is 227 Å². The highest BCUT2D eigenvalue weighted by atomic mass is 32.2. The van der Waals surface area contributed by atoms with Crippen LogP contribution in [0.1, 0.15) is 42.4 Å². The molecule has 0 spiro atoms. The van der Waals surface area contributed by atoms with Crippen molar-refractivity contribution in [1.29, 1.82) is 0 Å². The van der Waals surface area contributed by atoms with Gasteiger partial charge in [0.2, 0.25) is 0 Å². The van der Waals surface area contributed by atoms with Gasteiger partial charge in [0.25, 0.3) is 10.0 Å². The molecule has 1 aromatic heterocycles. The quantitative estimate of drug-likeness (QED) is 0.246. The number of hydrogen-bond donors (Lipinski definition) is 0. The predicted molar refractivity (Wildman–Crippen MR) is 148 cm³/mol. The molecule has 39 heavy (non-hydrogen) atoms. The smallest absolute Gasteiger partial charge is 0.429 e. The first-order valence-electron chi connectivity index (χ1n) is 11.9. The molecular weight excluding hydrogens is 516 g/mol. The van der Waals surface area contributed by atoms with Crippen LogP contribution in [0.3, 0.4) is 0 Å². The molecule has 4 aromatic rings. The summed E-state index contributed by atoms with van der Waals surface area (Å²) in [5.74, 6) is 5.15. The molecule has 1 amide bonds. The predicted octanol–water partition coefficient (Wildman–Crippen LogP) is 5.55. The molecule has 3 aromatic carbocycles. The molecule has 0 atom stereocenters. The monoisotopic (exact) mass is 542 g/mol. The number of anilines is 1. The summed E-state index contributed by atoms with van der Waals surface area (Å²) in [6, 6.07) is 21.4. The normalized spacial score (nSPS) is 11.3. The number of pyridine rings is 1. The highest BCUT2D eigenvalue weighted by molar-refractivity contribution is 7.93. The van der Waals surface area contributed by atoms with Crippen molar-refractivity contribution < 1.29 is 27.5 Å². The van der Waals surface area contributed by atoms with Crippen LogP contribution in [0.25, 0.3) is 10.8 Å². The van der Waals surface area contributed by atoms with Crippen molar-refractivity contribution in [1.82, 2.24) is 4.98 Å². The third-order valence-electron chi connectivity index (χ3n) is 5.45. The van der Waals surface area contributed by atoms with Gasteiger partial charge in [-0.3, -0.25) is 0 Å². The zero-order valence-electron chi connectivity index (χ0n) is 21.8. The van der Waals surface area contributed by atoms with Crippen molar-refractivity contribution in [3.63, 3.8) is 0 Å². The summed E-state index contributed by atoms with van der Waals surface area (Å²) in [6.45, 7) is 4.99. The molecule has 4 rings (SSSR count). The fourth-order valence-electron chi connectivity index (χ4n) is 3.74. The van der Waals surface area contributed by atoms with E-state index in [-0.39, 0.29) is 21.8 Å². The average molecular weight is 543 g/mol. The molecule has 0 radical (unpaired) electrons. The number of amides is 1. The summed E-state index contributed by atoms with van der Waals surface area (Å²) >= 11 is 0. The van der Waals surface area contributed by atoms with Crippen LogP contribution in [-0.2, 0) is 19.5 Å². The number of ether oxygens (including phenoxy) is 2. The van der Waals surface area contributed by atoms with Gasteiger partial charge in [-0.15, -0.1) is 0 Å². The molecule has 0 aliphatic heterocycles. The van der Waals surface area contributed by atoms with Gasteiger partial charge < -0.3 is 9.47 Å². The average Bonchev–Trinajstić information content (AvgIpc) is 2.91. The fraction of sp³-hybridized carbons (Fsp3) is 0.167. The Morgan fingerprint density at radius 3 is 2.26 bits per heavy atom. The van der Waals surface area contributed by atoms with Crippen LogP contribution >= 0.6 is 0 Å². The lowest BCUT2D eigenvalue weighted by molar-refractivity contribution is 0.0589. The molecule has 198 valence electrons. The molecule has 1 heterocycles. The maximum absolute atomic E-state index is 14.2. The Bertz CT molecular complexity index is 1710. The number of fused-ring (bicyclic) bond motifs is 1. The van der Waals surface area contributed by atoms with Gasteiger partial charge >= 0.3 is 12.1 Å². The van der Waals surface area contributed by atoms with E-state index in [1.54, 1.807) is 69.3 Å². The Kier molecular flexibility index (Phi) is 7.70. The van der Waals surface area contributed by atoms with Crippen LogP contribution in [0, 0.1) is 11.8 Å². The molecule has 8 nitrogen and oxygen atoms in total. The van der Waals surface area contributed by atoms with Gasteiger partial charge in [-0.1, -0.05) is 60.4 Å². The van der Waals surface area contributed by atoms with Gasteiger partial charge in [0.1, 0.15) is 16.2 Å². The molecule has 0 bridgehead atoms. The van der Waals surface area contributed by atoms with Crippen LogP contribution in [0.15, 0.2) is 90.0 Å². The van der Waals surface area contributed by atoms with Gasteiger partial charge in [0.15, 0.2) is 0 Å². The van der Waals surface area contributed by atoms with E-state index in [1.165, 1.54) is 25.4 Å². The van der Waals surface area contributed by atoms with Crippen molar-refractivity contribution in [2.75, 3.05) is 11.4 Å². The number of nitrogens with zero attached hydrogens (tertiary/aromatic N) is 2. The van der Waals surface area contributed by atoms with Gasteiger partial charge in [0, 0.05) is 22.7 Å². The number of methoxy groups -OCH3 is 1. The molecule has 0 saturated heterocycles. The fourth-order valence-corrected chi connectivity index (χ4v) is 5.24. The molecule has 0 fully saturated rings. The number of carbonyl (C=O) groups excluding carboxylic acids is 2. The maximum Gasteiger partial charge on any atom is 0.429 e. The minimum atomic E-state index is -4.49. The Morgan fingerprint density at radius 2 is 1.56 bits per heavy atom. The molecule has 0 unspecified atom stereocenters. The Hall–Kier alpha value is -4.68. The summed E-state index contributed by atoms with van der Waals surface area (Å²) in [5, 5.41) is 1.32. The van der Waals surface area contributed by atoms with Crippen molar-refractivity contribution >= 4 is 38.5 Å². The largest absolute Gasteiger partial charge is 0.464 e. The van der Waals surface area contributed by atoms with Crippen LogP contribution in [0.4, 0.5) is 10.5 Å². The second-order valence-corrected chi connectivity index (χ2v) is 11.2.